The number of benzene rings is 2. The minimum Gasteiger partial charge on any atom is -0.377 e. The third-order valence-electron chi connectivity index (χ3n) is 3.47. The van der Waals surface area contributed by atoms with Crippen LogP contribution in [0.2, 0.25) is 0 Å². The van der Waals surface area contributed by atoms with Gasteiger partial charge in [0.1, 0.15) is 0 Å². The molecule has 0 spiro atoms. The Balaban J connectivity index is 1.90. The summed E-state index contributed by atoms with van der Waals surface area (Å²) in [6, 6.07) is 18.2. The number of aromatic amines is 1. The molecule has 0 saturated heterocycles. The zero-order valence-corrected chi connectivity index (χ0v) is 11.2. The van der Waals surface area contributed by atoms with Gasteiger partial charge in [0, 0.05) is 17.6 Å². The van der Waals surface area contributed by atoms with Crippen LogP contribution >= 0.6 is 0 Å². The average molecular weight is 261 g/mol. The van der Waals surface area contributed by atoms with Gasteiger partial charge in [-0.05, 0) is 36.8 Å². The van der Waals surface area contributed by atoms with Crippen molar-refractivity contribution in [3.63, 3.8) is 0 Å². The summed E-state index contributed by atoms with van der Waals surface area (Å²) in [6.07, 6.45) is 1.94. The normalized spacial score (nSPS) is 12.0. The highest BCUT2D eigenvalue weighted by molar-refractivity contribution is 5.91. The molecule has 0 radical (unpaired) electrons. The van der Waals surface area contributed by atoms with E-state index in [0.29, 0.717) is 5.56 Å². The van der Waals surface area contributed by atoms with Crippen LogP contribution in [0.5, 0.6) is 0 Å². The number of hydrogen-bond acceptors (Lipinski definition) is 2. The molecule has 3 heteroatoms. The quantitative estimate of drug-likeness (QED) is 0.742. The molecule has 1 aromatic heterocycles. The number of H-pyrrole nitrogens is 1. The van der Waals surface area contributed by atoms with Gasteiger partial charge in [0.05, 0.1) is 22.8 Å². The lowest BCUT2D eigenvalue weighted by Gasteiger charge is -2.16. The Morgan fingerprint density at radius 1 is 1.15 bits per heavy atom. The Morgan fingerprint density at radius 3 is 2.85 bits per heavy atom. The maximum atomic E-state index is 8.97. The highest BCUT2D eigenvalue weighted by Gasteiger charge is 2.08. The summed E-state index contributed by atoms with van der Waals surface area (Å²) >= 11 is 0. The fraction of sp³-hybridized carbons (Fsp3) is 0.118. The number of para-hydroxylation sites is 1. The van der Waals surface area contributed by atoms with E-state index in [1.54, 1.807) is 0 Å². The van der Waals surface area contributed by atoms with Gasteiger partial charge >= 0.3 is 0 Å². The van der Waals surface area contributed by atoms with Crippen LogP contribution in [0.15, 0.2) is 54.7 Å². The smallest absolute Gasteiger partial charge is 0.0991 e. The molecule has 0 aliphatic carbocycles. The first kappa shape index (κ1) is 12.3. The van der Waals surface area contributed by atoms with E-state index < -0.39 is 0 Å². The van der Waals surface area contributed by atoms with Crippen molar-refractivity contribution >= 4 is 16.6 Å². The Morgan fingerprint density at radius 2 is 2.00 bits per heavy atom. The molecule has 0 saturated carbocycles. The Hall–Kier alpha value is -2.73. The number of nitriles is 1. The lowest BCUT2D eigenvalue weighted by molar-refractivity contribution is 0.885. The fourth-order valence-electron chi connectivity index (χ4n) is 2.40. The van der Waals surface area contributed by atoms with Crippen LogP contribution in [0.3, 0.4) is 0 Å². The maximum absolute atomic E-state index is 8.97. The van der Waals surface area contributed by atoms with Crippen molar-refractivity contribution in [1.82, 2.24) is 4.98 Å². The minimum atomic E-state index is 0.136. The second kappa shape index (κ2) is 5.10. The molecule has 3 nitrogen and oxygen atoms in total. The van der Waals surface area contributed by atoms with E-state index in [2.05, 4.69) is 41.5 Å². The van der Waals surface area contributed by atoms with Gasteiger partial charge in [0.2, 0.25) is 0 Å². The second-order valence-electron chi connectivity index (χ2n) is 4.85. The van der Waals surface area contributed by atoms with Crippen molar-refractivity contribution in [3.8, 4) is 6.07 Å². The predicted octanol–water partition coefficient (Wildman–Crippen LogP) is 4.21. The molecular weight excluding hydrogens is 246 g/mol. The molecule has 3 rings (SSSR count). The largest absolute Gasteiger partial charge is 0.377 e. The number of fused-ring (bicyclic) bond motifs is 1. The molecule has 20 heavy (non-hydrogen) atoms. The van der Waals surface area contributed by atoms with Crippen LogP contribution in [0.4, 0.5) is 5.69 Å². The van der Waals surface area contributed by atoms with Crippen LogP contribution in [0.1, 0.15) is 24.1 Å². The molecule has 3 aromatic rings. The van der Waals surface area contributed by atoms with Gasteiger partial charge in [0.25, 0.3) is 0 Å². The van der Waals surface area contributed by atoms with E-state index in [9.17, 15) is 0 Å². The monoisotopic (exact) mass is 261 g/mol. The summed E-state index contributed by atoms with van der Waals surface area (Å²) in [5.41, 5.74) is 3.97. The van der Waals surface area contributed by atoms with Gasteiger partial charge in [-0.2, -0.15) is 5.26 Å². The van der Waals surface area contributed by atoms with Crippen molar-refractivity contribution in [3.05, 3.63) is 65.9 Å². The number of anilines is 1. The van der Waals surface area contributed by atoms with E-state index in [1.165, 1.54) is 5.39 Å². The molecule has 1 atom stereocenters. The Labute approximate surface area is 117 Å². The number of nitrogens with zero attached hydrogens (tertiary/aromatic N) is 1. The Kier molecular flexibility index (Phi) is 3.14. The van der Waals surface area contributed by atoms with E-state index in [0.717, 1.165) is 16.8 Å². The zero-order chi connectivity index (χ0) is 13.9. The molecule has 2 aromatic carbocycles. The molecular formula is C17H15N3. The van der Waals surface area contributed by atoms with Crippen molar-refractivity contribution in [1.29, 1.82) is 5.26 Å². The van der Waals surface area contributed by atoms with Gasteiger partial charge in [0.15, 0.2) is 0 Å². The van der Waals surface area contributed by atoms with Gasteiger partial charge in [-0.15, -0.1) is 0 Å². The van der Waals surface area contributed by atoms with Gasteiger partial charge in [-0.3, -0.25) is 0 Å². The van der Waals surface area contributed by atoms with Crippen molar-refractivity contribution < 1.29 is 0 Å². The lowest BCUT2D eigenvalue weighted by Crippen LogP contribution is -2.07. The molecule has 2 N–H and O–H groups in total. The van der Waals surface area contributed by atoms with Gasteiger partial charge in [-0.1, -0.05) is 24.3 Å². The predicted molar refractivity (Wildman–Crippen MR) is 81.5 cm³/mol. The van der Waals surface area contributed by atoms with Crippen molar-refractivity contribution in [2.75, 3.05) is 5.32 Å². The fourth-order valence-corrected chi connectivity index (χ4v) is 2.40. The zero-order valence-electron chi connectivity index (χ0n) is 11.2. The summed E-state index contributed by atoms with van der Waals surface area (Å²) in [5, 5.41) is 13.7. The van der Waals surface area contributed by atoms with Crippen LogP contribution < -0.4 is 5.32 Å². The Bertz CT molecular complexity index is 780. The standard InChI is InChI=1S/C17H15N3/c1-12(15-6-2-4-13(10-15)11-18)20-16-7-3-5-14-8-9-19-17(14)16/h2-10,12,19-20H,1H3. The van der Waals surface area contributed by atoms with Crippen LogP contribution in [0.25, 0.3) is 10.9 Å². The maximum Gasteiger partial charge on any atom is 0.0991 e. The molecule has 1 heterocycles. The minimum absolute atomic E-state index is 0.136. The first-order valence-electron chi connectivity index (χ1n) is 6.60. The number of nitrogens with one attached hydrogen (secondary N) is 2. The van der Waals surface area contributed by atoms with E-state index in [-0.39, 0.29) is 6.04 Å². The molecule has 0 aliphatic rings. The summed E-state index contributed by atoms with van der Waals surface area (Å²) in [5.74, 6) is 0. The van der Waals surface area contributed by atoms with Crippen molar-refractivity contribution in [2.45, 2.75) is 13.0 Å². The molecule has 0 fully saturated rings. The first-order valence-corrected chi connectivity index (χ1v) is 6.60. The summed E-state index contributed by atoms with van der Waals surface area (Å²) in [7, 11) is 0. The highest BCUT2D eigenvalue weighted by atomic mass is 14.9. The molecule has 0 bridgehead atoms. The third-order valence-corrected chi connectivity index (χ3v) is 3.47. The average Bonchev–Trinajstić information content (AvgIpc) is 2.97. The number of hydrogen-bond donors (Lipinski definition) is 2. The third kappa shape index (κ3) is 2.24. The van der Waals surface area contributed by atoms with Gasteiger partial charge in [-0.25, -0.2) is 0 Å². The van der Waals surface area contributed by atoms with Crippen molar-refractivity contribution in [2.24, 2.45) is 0 Å². The van der Waals surface area contributed by atoms with Crippen LogP contribution in [-0.2, 0) is 0 Å². The highest BCUT2D eigenvalue weighted by Crippen LogP contribution is 2.26. The number of rotatable bonds is 3. The van der Waals surface area contributed by atoms with E-state index in [4.69, 9.17) is 5.26 Å². The molecule has 0 amide bonds. The topological polar surface area (TPSA) is 51.6 Å². The SMILES string of the molecule is CC(Nc1cccc2cc[nH]c12)c1cccc(C#N)c1. The lowest BCUT2D eigenvalue weighted by atomic mass is 10.1. The molecule has 98 valence electrons. The first-order chi connectivity index (χ1) is 9.78. The summed E-state index contributed by atoms with van der Waals surface area (Å²) in [4.78, 5) is 3.25. The van der Waals surface area contributed by atoms with Crippen LogP contribution in [-0.4, -0.2) is 4.98 Å². The second-order valence-corrected chi connectivity index (χ2v) is 4.85. The van der Waals surface area contributed by atoms with Crippen LogP contribution in [0, 0.1) is 11.3 Å². The van der Waals surface area contributed by atoms with E-state index in [1.807, 2.05) is 36.5 Å². The number of aromatic nitrogens is 1. The van der Waals surface area contributed by atoms with Gasteiger partial charge < -0.3 is 10.3 Å². The molecule has 1 unspecified atom stereocenters. The summed E-state index contributed by atoms with van der Waals surface area (Å²) in [6.45, 7) is 2.10. The van der Waals surface area contributed by atoms with E-state index >= 15 is 0 Å². The summed E-state index contributed by atoms with van der Waals surface area (Å²) < 4.78 is 0. The molecule has 0 aliphatic heterocycles.